The Kier molecular flexibility index (Phi) is 3.38. The minimum atomic E-state index is -1.22. The average molecular weight is 294 g/mol. The van der Waals surface area contributed by atoms with Gasteiger partial charge in [-0.2, -0.15) is 0 Å². The van der Waals surface area contributed by atoms with Gasteiger partial charge in [0.25, 0.3) is 5.69 Å². The molecule has 21 heavy (non-hydrogen) atoms. The predicted octanol–water partition coefficient (Wildman–Crippen LogP) is 0.161. The van der Waals surface area contributed by atoms with E-state index >= 15 is 0 Å². The van der Waals surface area contributed by atoms with E-state index in [2.05, 4.69) is 0 Å². The molecule has 0 bridgehead atoms. The summed E-state index contributed by atoms with van der Waals surface area (Å²) in [5, 5.41) is 40.3. The third-order valence-electron chi connectivity index (χ3n) is 3.73. The van der Waals surface area contributed by atoms with Gasteiger partial charge in [0.05, 0.1) is 22.4 Å². The zero-order chi connectivity index (χ0) is 15.1. The van der Waals surface area contributed by atoms with E-state index in [1.165, 1.54) is 16.7 Å². The molecular weight excluding hydrogens is 280 g/mol. The number of benzene rings is 1. The van der Waals surface area contributed by atoms with Crippen molar-refractivity contribution in [3.05, 3.63) is 40.6 Å². The first-order valence-corrected chi connectivity index (χ1v) is 6.41. The summed E-state index contributed by atoms with van der Waals surface area (Å²) in [6.45, 7) is -0.423. The lowest BCUT2D eigenvalue weighted by molar-refractivity contribution is -0.383. The lowest BCUT2D eigenvalue weighted by Crippen LogP contribution is -2.33. The molecule has 1 aliphatic rings. The second-order valence-corrected chi connectivity index (χ2v) is 4.92. The summed E-state index contributed by atoms with van der Waals surface area (Å²) < 4.78 is 6.95. The first-order valence-electron chi connectivity index (χ1n) is 6.41. The highest BCUT2D eigenvalue weighted by Gasteiger charge is 2.43. The zero-order valence-corrected chi connectivity index (χ0v) is 10.9. The van der Waals surface area contributed by atoms with Gasteiger partial charge in [0.2, 0.25) is 0 Å². The maximum atomic E-state index is 11.0. The molecule has 1 aromatic carbocycles. The lowest BCUT2D eigenvalue weighted by Gasteiger charge is -2.17. The Balaban J connectivity index is 2.06. The molecule has 0 spiro atoms. The monoisotopic (exact) mass is 294 g/mol. The number of fused-ring (bicyclic) bond motifs is 1. The van der Waals surface area contributed by atoms with Crippen LogP contribution in [-0.2, 0) is 4.74 Å². The van der Waals surface area contributed by atoms with Crippen LogP contribution in [0.25, 0.3) is 10.9 Å². The smallest absolute Gasteiger partial charge is 0.278 e. The third-order valence-corrected chi connectivity index (χ3v) is 3.73. The average Bonchev–Trinajstić information content (AvgIpc) is 3.01. The molecule has 0 radical (unpaired) electrons. The van der Waals surface area contributed by atoms with Crippen LogP contribution in [0.2, 0.25) is 0 Å². The molecular formula is C13H14N2O6. The predicted molar refractivity (Wildman–Crippen MR) is 71.6 cm³/mol. The molecule has 1 fully saturated rings. The number of aliphatic hydroxyl groups is 3. The Hall–Kier alpha value is -2.00. The summed E-state index contributed by atoms with van der Waals surface area (Å²) in [4.78, 5) is 10.5. The Morgan fingerprint density at radius 1 is 1.29 bits per heavy atom. The molecule has 3 N–H and O–H groups in total. The van der Waals surface area contributed by atoms with Gasteiger partial charge in [0.15, 0.2) is 6.23 Å². The summed E-state index contributed by atoms with van der Waals surface area (Å²) in [7, 11) is 0. The van der Waals surface area contributed by atoms with Crippen molar-refractivity contribution in [2.45, 2.75) is 24.5 Å². The van der Waals surface area contributed by atoms with Gasteiger partial charge in [0, 0.05) is 12.3 Å². The van der Waals surface area contributed by atoms with Crippen molar-refractivity contribution in [2.24, 2.45) is 0 Å². The summed E-state index contributed by atoms with van der Waals surface area (Å²) >= 11 is 0. The molecule has 1 saturated heterocycles. The van der Waals surface area contributed by atoms with E-state index in [-0.39, 0.29) is 5.69 Å². The minimum Gasteiger partial charge on any atom is -0.394 e. The van der Waals surface area contributed by atoms with Gasteiger partial charge in [-0.25, -0.2) is 0 Å². The highest BCUT2D eigenvalue weighted by Crippen LogP contribution is 2.34. The fraction of sp³-hybridized carbons (Fsp3) is 0.385. The van der Waals surface area contributed by atoms with E-state index in [1.807, 2.05) is 0 Å². The molecule has 4 atom stereocenters. The van der Waals surface area contributed by atoms with Crippen LogP contribution in [0.4, 0.5) is 5.69 Å². The van der Waals surface area contributed by atoms with Crippen LogP contribution in [0.15, 0.2) is 30.5 Å². The number of non-ortho nitro benzene ring substituents is 1. The number of aromatic nitrogens is 1. The number of ether oxygens (including phenoxy) is 1. The Bertz CT molecular complexity index is 684. The largest absolute Gasteiger partial charge is 0.394 e. The molecule has 0 saturated carbocycles. The maximum Gasteiger partial charge on any atom is 0.278 e. The van der Waals surface area contributed by atoms with Crippen LogP contribution in [-0.4, -0.2) is 49.7 Å². The number of rotatable bonds is 3. The highest BCUT2D eigenvalue weighted by molar-refractivity contribution is 5.89. The van der Waals surface area contributed by atoms with Gasteiger partial charge in [0.1, 0.15) is 18.3 Å². The van der Waals surface area contributed by atoms with Gasteiger partial charge >= 0.3 is 0 Å². The van der Waals surface area contributed by atoms with Crippen molar-refractivity contribution < 1.29 is 25.0 Å². The van der Waals surface area contributed by atoms with E-state index in [4.69, 9.17) is 9.84 Å². The van der Waals surface area contributed by atoms with Crippen LogP contribution in [0.3, 0.4) is 0 Å². The summed E-state index contributed by atoms with van der Waals surface area (Å²) in [6, 6.07) is 6.15. The lowest BCUT2D eigenvalue weighted by atomic mass is 10.1. The van der Waals surface area contributed by atoms with Crippen LogP contribution in [0, 0.1) is 10.1 Å². The SMILES string of the molecule is O=[N+]([O-])c1cccc2c1ccn2C1O[C@H](CO)[C@@H](O)[C@H]1O. The minimum absolute atomic E-state index is 0.0435. The van der Waals surface area contributed by atoms with Crippen molar-refractivity contribution in [1.29, 1.82) is 0 Å². The molecule has 112 valence electrons. The molecule has 8 heteroatoms. The van der Waals surface area contributed by atoms with Crippen molar-refractivity contribution in [3.8, 4) is 0 Å². The van der Waals surface area contributed by atoms with E-state index in [9.17, 15) is 20.3 Å². The Morgan fingerprint density at radius 2 is 2.05 bits per heavy atom. The Morgan fingerprint density at radius 3 is 2.67 bits per heavy atom. The van der Waals surface area contributed by atoms with Crippen LogP contribution < -0.4 is 0 Å². The van der Waals surface area contributed by atoms with Gasteiger partial charge in [-0.05, 0) is 12.1 Å². The number of hydrogen-bond acceptors (Lipinski definition) is 6. The van der Waals surface area contributed by atoms with Crippen LogP contribution in [0.5, 0.6) is 0 Å². The first-order chi connectivity index (χ1) is 10.0. The third kappa shape index (κ3) is 2.09. The zero-order valence-electron chi connectivity index (χ0n) is 10.9. The second-order valence-electron chi connectivity index (χ2n) is 4.92. The first kappa shape index (κ1) is 14.0. The summed E-state index contributed by atoms with van der Waals surface area (Å²) in [5.41, 5.74) is 0.469. The molecule has 0 amide bonds. The van der Waals surface area contributed by atoms with Crippen molar-refractivity contribution >= 4 is 16.6 Å². The van der Waals surface area contributed by atoms with E-state index in [0.29, 0.717) is 10.9 Å². The van der Waals surface area contributed by atoms with Gasteiger partial charge in [-0.3, -0.25) is 10.1 Å². The van der Waals surface area contributed by atoms with Crippen LogP contribution >= 0.6 is 0 Å². The maximum absolute atomic E-state index is 11.0. The molecule has 1 aliphatic heterocycles. The van der Waals surface area contributed by atoms with E-state index in [0.717, 1.165) is 0 Å². The number of nitro groups is 1. The van der Waals surface area contributed by atoms with Gasteiger partial charge in [-0.15, -0.1) is 0 Å². The second kappa shape index (κ2) is 5.08. The highest BCUT2D eigenvalue weighted by atomic mass is 16.6. The van der Waals surface area contributed by atoms with E-state index in [1.54, 1.807) is 18.3 Å². The van der Waals surface area contributed by atoms with Crippen molar-refractivity contribution in [3.63, 3.8) is 0 Å². The standard InChI is InChI=1S/C13H14N2O6/c16-6-10-11(17)12(18)13(21-10)14-5-4-7-8(14)2-1-3-9(7)15(19)20/h1-5,10-13,16-18H,6H2/t10-,11-,12-,13?/m1/s1. The molecule has 8 nitrogen and oxygen atoms in total. The number of nitro benzene ring substituents is 1. The topological polar surface area (TPSA) is 118 Å². The summed E-state index contributed by atoms with van der Waals surface area (Å²) in [5.74, 6) is 0. The number of aliphatic hydroxyl groups excluding tert-OH is 3. The molecule has 2 aromatic rings. The van der Waals surface area contributed by atoms with Gasteiger partial charge < -0.3 is 24.6 Å². The van der Waals surface area contributed by atoms with Gasteiger partial charge in [-0.1, -0.05) is 6.07 Å². The molecule has 0 aliphatic carbocycles. The normalized spacial score (nSPS) is 29.1. The molecule has 1 aromatic heterocycles. The van der Waals surface area contributed by atoms with Crippen molar-refractivity contribution in [1.82, 2.24) is 4.57 Å². The quantitative estimate of drug-likeness (QED) is 0.548. The fourth-order valence-corrected chi connectivity index (χ4v) is 2.66. The molecule has 3 rings (SSSR count). The number of nitrogens with zero attached hydrogens (tertiary/aromatic N) is 2. The summed E-state index contributed by atoms with van der Waals surface area (Å²) in [6.07, 6.45) is -2.68. The fourth-order valence-electron chi connectivity index (χ4n) is 2.66. The van der Waals surface area contributed by atoms with Crippen molar-refractivity contribution in [2.75, 3.05) is 6.61 Å². The molecule has 2 heterocycles. The Labute approximate surface area is 119 Å². The van der Waals surface area contributed by atoms with E-state index < -0.39 is 36.1 Å². The van der Waals surface area contributed by atoms with Crippen LogP contribution in [0.1, 0.15) is 6.23 Å². The molecule has 1 unspecified atom stereocenters. The number of hydrogen-bond donors (Lipinski definition) is 3.